The molecule has 0 aromatic heterocycles. The van der Waals surface area contributed by atoms with E-state index < -0.39 is 0 Å². The zero-order chi connectivity index (χ0) is 21.1. The molecule has 0 heterocycles. The second kappa shape index (κ2) is 12.1. The molecular formula is C22H31N3O4. The van der Waals surface area contributed by atoms with Gasteiger partial charge in [-0.1, -0.05) is 24.3 Å². The molecule has 7 nitrogen and oxygen atoms in total. The number of urea groups is 1. The molecule has 1 atom stereocenters. The van der Waals surface area contributed by atoms with Crippen molar-refractivity contribution < 1.29 is 19.0 Å². The van der Waals surface area contributed by atoms with Crippen LogP contribution in [0.3, 0.4) is 0 Å². The third-order valence-corrected chi connectivity index (χ3v) is 4.47. The van der Waals surface area contributed by atoms with Gasteiger partial charge < -0.3 is 29.7 Å². The molecule has 2 rings (SSSR count). The van der Waals surface area contributed by atoms with Crippen LogP contribution >= 0.6 is 0 Å². The molecule has 2 aromatic carbocycles. The van der Waals surface area contributed by atoms with Gasteiger partial charge in [-0.2, -0.15) is 0 Å². The number of carbonyl (C=O) groups is 1. The van der Waals surface area contributed by atoms with Gasteiger partial charge in [0, 0.05) is 19.3 Å². The Morgan fingerprint density at radius 2 is 1.83 bits per heavy atom. The van der Waals surface area contributed by atoms with Crippen LogP contribution in [0, 0.1) is 0 Å². The molecule has 29 heavy (non-hydrogen) atoms. The van der Waals surface area contributed by atoms with Gasteiger partial charge in [-0.25, -0.2) is 4.79 Å². The van der Waals surface area contributed by atoms with Crippen LogP contribution in [-0.2, 0) is 16.1 Å². The maximum atomic E-state index is 12.4. The van der Waals surface area contributed by atoms with Crippen LogP contribution in [0.4, 0.5) is 10.5 Å². The average Bonchev–Trinajstić information content (AvgIpc) is 2.72. The Labute approximate surface area is 172 Å². The van der Waals surface area contributed by atoms with E-state index in [0.717, 1.165) is 22.6 Å². The van der Waals surface area contributed by atoms with E-state index >= 15 is 0 Å². The predicted molar refractivity (Wildman–Crippen MR) is 114 cm³/mol. The first-order valence-corrected chi connectivity index (χ1v) is 9.54. The van der Waals surface area contributed by atoms with E-state index in [4.69, 9.17) is 14.2 Å². The monoisotopic (exact) mass is 401 g/mol. The molecule has 0 aliphatic rings. The van der Waals surface area contributed by atoms with Crippen LogP contribution < -0.4 is 15.4 Å². The van der Waals surface area contributed by atoms with Gasteiger partial charge in [0.25, 0.3) is 0 Å². The topological polar surface area (TPSA) is 72.1 Å². The molecule has 0 radical (unpaired) electrons. The molecule has 0 bridgehead atoms. The molecule has 1 unspecified atom stereocenters. The van der Waals surface area contributed by atoms with E-state index in [1.165, 1.54) is 0 Å². The molecule has 2 amide bonds. The number of nitrogens with zero attached hydrogens (tertiary/aromatic N) is 1. The SMILES string of the molecule is COCCOCc1cccc(NC(=O)NCC(c2ccc(OC)cc2)N(C)C)c1. The first kappa shape index (κ1) is 22.7. The molecule has 2 N–H and O–H groups in total. The first-order valence-electron chi connectivity index (χ1n) is 9.54. The van der Waals surface area contributed by atoms with Crippen molar-refractivity contribution in [3.05, 3.63) is 59.7 Å². The van der Waals surface area contributed by atoms with Crippen LogP contribution in [0.15, 0.2) is 48.5 Å². The van der Waals surface area contributed by atoms with Crippen molar-refractivity contribution in [1.82, 2.24) is 10.2 Å². The molecule has 0 fully saturated rings. The number of ether oxygens (including phenoxy) is 3. The normalized spacial score (nSPS) is 11.9. The lowest BCUT2D eigenvalue weighted by molar-refractivity contribution is 0.0617. The predicted octanol–water partition coefficient (Wildman–Crippen LogP) is 3.28. The van der Waals surface area contributed by atoms with Crippen LogP contribution in [0.5, 0.6) is 5.75 Å². The van der Waals surface area contributed by atoms with Gasteiger partial charge in [0.05, 0.1) is 33.0 Å². The number of nitrogens with one attached hydrogen (secondary N) is 2. The smallest absolute Gasteiger partial charge is 0.319 e. The molecule has 158 valence electrons. The fraction of sp³-hybridized carbons (Fsp3) is 0.409. The summed E-state index contributed by atoms with van der Waals surface area (Å²) in [7, 11) is 7.26. The fourth-order valence-corrected chi connectivity index (χ4v) is 2.86. The third kappa shape index (κ3) is 7.73. The van der Waals surface area contributed by atoms with Crippen molar-refractivity contribution >= 4 is 11.7 Å². The number of hydrogen-bond donors (Lipinski definition) is 2. The van der Waals surface area contributed by atoms with Crippen molar-refractivity contribution in [3.63, 3.8) is 0 Å². The summed E-state index contributed by atoms with van der Waals surface area (Å²) >= 11 is 0. The number of likely N-dealkylation sites (N-methyl/N-ethyl adjacent to an activating group) is 1. The molecular weight excluding hydrogens is 370 g/mol. The summed E-state index contributed by atoms with van der Waals surface area (Å²) in [6, 6.07) is 15.3. The second-order valence-corrected chi connectivity index (χ2v) is 6.83. The highest BCUT2D eigenvalue weighted by Gasteiger charge is 2.15. The number of rotatable bonds is 11. The Bertz CT molecular complexity index is 750. The van der Waals surface area contributed by atoms with E-state index in [1.54, 1.807) is 14.2 Å². The number of hydrogen-bond acceptors (Lipinski definition) is 5. The van der Waals surface area contributed by atoms with Crippen LogP contribution in [0.25, 0.3) is 0 Å². The van der Waals surface area contributed by atoms with Gasteiger partial charge in [-0.15, -0.1) is 0 Å². The highest BCUT2D eigenvalue weighted by atomic mass is 16.5. The summed E-state index contributed by atoms with van der Waals surface area (Å²) in [6.45, 7) is 2.04. The van der Waals surface area contributed by atoms with E-state index in [-0.39, 0.29) is 12.1 Å². The number of methoxy groups -OCH3 is 2. The number of carbonyl (C=O) groups excluding carboxylic acids is 1. The van der Waals surface area contributed by atoms with Gasteiger partial charge in [0.2, 0.25) is 0 Å². The Morgan fingerprint density at radius 1 is 1.07 bits per heavy atom. The van der Waals surface area contributed by atoms with Gasteiger partial charge in [-0.3, -0.25) is 0 Å². The lowest BCUT2D eigenvalue weighted by atomic mass is 10.1. The maximum Gasteiger partial charge on any atom is 0.319 e. The summed E-state index contributed by atoms with van der Waals surface area (Å²) in [5.41, 5.74) is 2.82. The average molecular weight is 402 g/mol. The fourth-order valence-electron chi connectivity index (χ4n) is 2.86. The maximum absolute atomic E-state index is 12.4. The van der Waals surface area contributed by atoms with Crippen LogP contribution in [-0.4, -0.2) is 59.0 Å². The summed E-state index contributed by atoms with van der Waals surface area (Å²) in [4.78, 5) is 14.4. The summed E-state index contributed by atoms with van der Waals surface area (Å²) in [6.07, 6.45) is 0. The summed E-state index contributed by atoms with van der Waals surface area (Å²) in [5.74, 6) is 0.808. The number of benzene rings is 2. The zero-order valence-electron chi connectivity index (χ0n) is 17.6. The van der Waals surface area contributed by atoms with Crippen LogP contribution in [0.2, 0.25) is 0 Å². The second-order valence-electron chi connectivity index (χ2n) is 6.83. The van der Waals surface area contributed by atoms with Gasteiger partial charge in [0.1, 0.15) is 5.75 Å². The minimum Gasteiger partial charge on any atom is -0.497 e. The van der Waals surface area contributed by atoms with E-state index in [0.29, 0.717) is 26.4 Å². The molecule has 0 aliphatic carbocycles. The minimum absolute atomic E-state index is 0.0483. The zero-order valence-corrected chi connectivity index (χ0v) is 17.6. The standard InChI is InChI=1S/C22H31N3O4/c1-25(2)21(18-8-10-20(28-4)11-9-18)15-23-22(26)24-19-7-5-6-17(14-19)16-29-13-12-27-3/h5-11,14,21H,12-13,15-16H2,1-4H3,(H2,23,24,26). The summed E-state index contributed by atoms with van der Waals surface area (Å²) < 4.78 is 15.7. The summed E-state index contributed by atoms with van der Waals surface area (Å²) in [5, 5.41) is 5.83. The highest BCUT2D eigenvalue weighted by Crippen LogP contribution is 2.20. The lowest BCUT2D eigenvalue weighted by Gasteiger charge is -2.25. The van der Waals surface area contributed by atoms with E-state index in [1.807, 2.05) is 62.6 Å². The lowest BCUT2D eigenvalue weighted by Crippen LogP contribution is -2.36. The van der Waals surface area contributed by atoms with Crippen LogP contribution in [0.1, 0.15) is 17.2 Å². The van der Waals surface area contributed by atoms with Crippen molar-refractivity contribution in [3.8, 4) is 5.75 Å². The Morgan fingerprint density at radius 3 is 2.48 bits per heavy atom. The number of amides is 2. The minimum atomic E-state index is -0.247. The Balaban J connectivity index is 1.88. The van der Waals surface area contributed by atoms with Gasteiger partial charge in [-0.05, 0) is 49.5 Å². The molecule has 7 heteroatoms. The van der Waals surface area contributed by atoms with Crippen molar-refractivity contribution in [2.45, 2.75) is 12.6 Å². The van der Waals surface area contributed by atoms with Gasteiger partial charge >= 0.3 is 6.03 Å². The molecule has 0 saturated heterocycles. The highest BCUT2D eigenvalue weighted by molar-refractivity contribution is 5.89. The first-order chi connectivity index (χ1) is 14.0. The quantitative estimate of drug-likeness (QED) is 0.566. The molecule has 0 saturated carbocycles. The van der Waals surface area contributed by atoms with Crippen molar-refractivity contribution in [2.24, 2.45) is 0 Å². The molecule has 2 aromatic rings. The Kier molecular flexibility index (Phi) is 9.43. The Hall–Kier alpha value is -2.61. The van der Waals surface area contributed by atoms with Gasteiger partial charge in [0.15, 0.2) is 0 Å². The third-order valence-electron chi connectivity index (χ3n) is 4.47. The van der Waals surface area contributed by atoms with E-state index in [2.05, 4.69) is 15.5 Å². The van der Waals surface area contributed by atoms with Crippen molar-refractivity contribution in [2.75, 3.05) is 53.4 Å². The largest absolute Gasteiger partial charge is 0.497 e. The van der Waals surface area contributed by atoms with E-state index in [9.17, 15) is 4.79 Å². The number of anilines is 1. The molecule has 0 spiro atoms. The molecule has 0 aliphatic heterocycles. The van der Waals surface area contributed by atoms with Crippen molar-refractivity contribution in [1.29, 1.82) is 0 Å².